The summed E-state index contributed by atoms with van der Waals surface area (Å²) in [6.07, 6.45) is -0.821. The summed E-state index contributed by atoms with van der Waals surface area (Å²) in [7, 11) is 0. The maximum Gasteiger partial charge on any atom is 0.253 e. The third-order valence-electron chi connectivity index (χ3n) is 5.71. The molecule has 7 heteroatoms. The molecular formula is C23H27N3O4. The molecule has 1 aliphatic rings. The Labute approximate surface area is 174 Å². The minimum Gasteiger partial charge on any atom is -0.464 e. The van der Waals surface area contributed by atoms with E-state index in [2.05, 4.69) is 16.0 Å². The van der Waals surface area contributed by atoms with Crippen LogP contribution in [-0.4, -0.2) is 5.11 Å². The molecule has 0 aliphatic carbocycles. The van der Waals surface area contributed by atoms with Gasteiger partial charge in [-0.25, -0.2) is 0 Å². The van der Waals surface area contributed by atoms with Crippen LogP contribution in [0.3, 0.4) is 0 Å². The van der Waals surface area contributed by atoms with Crippen molar-refractivity contribution in [3.05, 3.63) is 72.9 Å². The summed E-state index contributed by atoms with van der Waals surface area (Å²) in [4.78, 5) is 24.8. The van der Waals surface area contributed by atoms with Gasteiger partial charge in [0.05, 0.1) is 6.04 Å². The van der Waals surface area contributed by atoms with Gasteiger partial charge in [-0.2, -0.15) is 0 Å². The van der Waals surface area contributed by atoms with E-state index in [0.717, 1.165) is 16.9 Å². The summed E-state index contributed by atoms with van der Waals surface area (Å²) in [5, 5.41) is 19.7. The van der Waals surface area contributed by atoms with Gasteiger partial charge in [-0.15, -0.1) is 0 Å². The second-order valence-corrected chi connectivity index (χ2v) is 9.03. The maximum absolute atomic E-state index is 12.4. The SMILES string of the molecule is Cc1ccc([C@H](Nc2c(Nc3ccc(C)c4c3C(O)NC4)c(=O)c2=O)C(C)(C)C)o1. The van der Waals surface area contributed by atoms with Crippen LogP contribution in [0.5, 0.6) is 0 Å². The van der Waals surface area contributed by atoms with Crippen molar-refractivity contribution < 1.29 is 9.52 Å². The molecule has 0 fully saturated rings. The average molecular weight is 409 g/mol. The molecule has 3 aromatic rings. The van der Waals surface area contributed by atoms with E-state index in [1.807, 2.05) is 58.9 Å². The molecule has 2 atom stereocenters. The first kappa shape index (κ1) is 20.4. The number of hydrogen-bond donors (Lipinski definition) is 4. The van der Waals surface area contributed by atoms with Crippen molar-refractivity contribution >= 4 is 17.1 Å². The number of benzene rings is 1. The van der Waals surface area contributed by atoms with Gasteiger partial charge in [0.25, 0.3) is 10.9 Å². The molecule has 2 heterocycles. The van der Waals surface area contributed by atoms with Crippen molar-refractivity contribution in [1.82, 2.24) is 5.32 Å². The molecule has 30 heavy (non-hydrogen) atoms. The molecule has 4 rings (SSSR count). The van der Waals surface area contributed by atoms with Gasteiger partial charge >= 0.3 is 0 Å². The fraction of sp³-hybridized carbons (Fsp3) is 0.391. The van der Waals surface area contributed by atoms with E-state index in [1.54, 1.807) is 0 Å². The van der Waals surface area contributed by atoms with Crippen molar-refractivity contribution in [1.29, 1.82) is 0 Å². The van der Waals surface area contributed by atoms with Crippen LogP contribution < -0.4 is 26.8 Å². The molecule has 2 aromatic carbocycles. The molecule has 7 nitrogen and oxygen atoms in total. The van der Waals surface area contributed by atoms with Crippen molar-refractivity contribution in [3.8, 4) is 0 Å². The van der Waals surface area contributed by atoms with E-state index in [-0.39, 0.29) is 22.8 Å². The molecule has 158 valence electrons. The van der Waals surface area contributed by atoms with Gasteiger partial charge in [-0.1, -0.05) is 26.8 Å². The zero-order valence-electron chi connectivity index (χ0n) is 17.8. The first-order valence-electron chi connectivity index (χ1n) is 10.0. The van der Waals surface area contributed by atoms with Crippen LogP contribution in [0.15, 0.2) is 38.3 Å². The summed E-state index contributed by atoms with van der Waals surface area (Å²) in [6.45, 7) is 10.5. The predicted octanol–water partition coefficient (Wildman–Crippen LogP) is 3.53. The lowest BCUT2D eigenvalue weighted by molar-refractivity contribution is 0.152. The summed E-state index contributed by atoms with van der Waals surface area (Å²) in [6, 6.07) is 7.21. The molecule has 4 N–H and O–H groups in total. The standard InChI is InChI=1S/C23H27N3O4/c1-11-6-8-14(16-13(11)10-24-22(16)29)25-17-18(20(28)19(17)27)26-21(23(3,4)5)15-9-7-12(2)30-15/h6-9,21-22,24-26,29H,10H2,1-5H3/t21-,22?/m0/s1. The lowest BCUT2D eigenvalue weighted by atomic mass is 9.84. The minimum atomic E-state index is -0.821. The Hall–Kier alpha value is -2.90. The van der Waals surface area contributed by atoms with Gasteiger partial charge < -0.3 is 20.2 Å². The third-order valence-corrected chi connectivity index (χ3v) is 5.71. The van der Waals surface area contributed by atoms with Crippen molar-refractivity contribution in [2.75, 3.05) is 10.6 Å². The van der Waals surface area contributed by atoms with E-state index < -0.39 is 17.1 Å². The molecule has 0 saturated carbocycles. The van der Waals surface area contributed by atoms with Gasteiger partial charge in [0, 0.05) is 17.8 Å². The van der Waals surface area contributed by atoms with Crippen LogP contribution in [0.25, 0.3) is 0 Å². The Bertz CT molecular complexity index is 1180. The zero-order valence-corrected chi connectivity index (χ0v) is 17.8. The molecule has 1 aliphatic heterocycles. The number of nitrogens with one attached hydrogen (secondary N) is 3. The normalized spacial score (nSPS) is 17.2. The van der Waals surface area contributed by atoms with Crippen LogP contribution in [0.1, 0.15) is 61.3 Å². The molecule has 1 unspecified atom stereocenters. The quantitative estimate of drug-likeness (QED) is 0.478. The van der Waals surface area contributed by atoms with Crippen molar-refractivity contribution in [3.63, 3.8) is 0 Å². The zero-order chi connectivity index (χ0) is 21.8. The molecular weight excluding hydrogens is 382 g/mol. The van der Waals surface area contributed by atoms with Gasteiger partial charge in [0.2, 0.25) is 0 Å². The Morgan fingerprint density at radius 3 is 2.43 bits per heavy atom. The van der Waals surface area contributed by atoms with Crippen LogP contribution in [0.4, 0.5) is 17.1 Å². The van der Waals surface area contributed by atoms with E-state index in [0.29, 0.717) is 23.6 Å². The van der Waals surface area contributed by atoms with Crippen LogP contribution in [0, 0.1) is 19.3 Å². The lowest BCUT2D eigenvalue weighted by Crippen LogP contribution is -2.39. The minimum absolute atomic E-state index is 0.211. The number of furan rings is 1. The molecule has 0 spiro atoms. The first-order chi connectivity index (χ1) is 14.1. The molecule has 0 radical (unpaired) electrons. The highest BCUT2D eigenvalue weighted by molar-refractivity contribution is 5.80. The second kappa shape index (κ2) is 7.11. The Balaban J connectivity index is 1.69. The number of rotatable bonds is 5. The summed E-state index contributed by atoms with van der Waals surface area (Å²) < 4.78 is 5.80. The predicted molar refractivity (Wildman–Crippen MR) is 117 cm³/mol. The van der Waals surface area contributed by atoms with Gasteiger partial charge in [0.1, 0.15) is 29.1 Å². The largest absolute Gasteiger partial charge is 0.464 e. The summed E-state index contributed by atoms with van der Waals surface area (Å²) >= 11 is 0. The average Bonchev–Trinajstić information content (AvgIpc) is 3.28. The van der Waals surface area contributed by atoms with E-state index in [9.17, 15) is 14.7 Å². The van der Waals surface area contributed by atoms with Gasteiger partial charge in [0.15, 0.2) is 0 Å². The Morgan fingerprint density at radius 1 is 1.10 bits per heavy atom. The fourth-order valence-electron chi connectivity index (χ4n) is 3.98. The fourth-order valence-corrected chi connectivity index (χ4v) is 3.98. The Morgan fingerprint density at radius 2 is 1.80 bits per heavy atom. The molecule has 0 amide bonds. The number of aliphatic hydroxyl groups is 1. The van der Waals surface area contributed by atoms with Crippen molar-refractivity contribution in [2.24, 2.45) is 5.41 Å². The summed E-state index contributed by atoms with van der Waals surface area (Å²) in [5.74, 6) is 1.48. The van der Waals surface area contributed by atoms with Crippen LogP contribution in [-0.2, 0) is 6.54 Å². The monoisotopic (exact) mass is 409 g/mol. The van der Waals surface area contributed by atoms with Gasteiger partial charge in [-0.3, -0.25) is 14.9 Å². The number of aliphatic hydroxyl groups excluding tert-OH is 1. The highest BCUT2D eigenvalue weighted by atomic mass is 16.3. The second-order valence-electron chi connectivity index (χ2n) is 9.03. The number of anilines is 3. The highest BCUT2D eigenvalue weighted by Crippen LogP contribution is 2.39. The topological polar surface area (TPSA) is 104 Å². The van der Waals surface area contributed by atoms with Gasteiger partial charge in [-0.05, 0) is 48.6 Å². The maximum atomic E-state index is 12.4. The number of fused-ring (bicyclic) bond motifs is 1. The Kier molecular flexibility index (Phi) is 4.83. The molecule has 0 saturated heterocycles. The highest BCUT2D eigenvalue weighted by Gasteiger charge is 2.33. The van der Waals surface area contributed by atoms with E-state index in [1.165, 1.54) is 0 Å². The molecule has 1 aromatic heterocycles. The number of hydrogen-bond acceptors (Lipinski definition) is 7. The van der Waals surface area contributed by atoms with Crippen LogP contribution >= 0.6 is 0 Å². The smallest absolute Gasteiger partial charge is 0.253 e. The first-order valence-corrected chi connectivity index (χ1v) is 10.0. The lowest BCUT2D eigenvalue weighted by Gasteiger charge is -2.31. The van der Waals surface area contributed by atoms with Crippen LogP contribution in [0.2, 0.25) is 0 Å². The molecule has 0 bridgehead atoms. The van der Waals surface area contributed by atoms with Crippen molar-refractivity contribution in [2.45, 2.75) is 53.4 Å². The third kappa shape index (κ3) is 3.34. The number of aryl methyl sites for hydroxylation is 2. The van der Waals surface area contributed by atoms with E-state index >= 15 is 0 Å². The van der Waals surface area contributed by atoms with E-state index in [4.69, 9.17) is 4.42 Å². The summed E-state index contributed by atoms with van der Waals surface area (Å²) in [5.41, 5.74) is 2.43.